The van der Waals surface area contributed by atoms with Gasteiger partial charge in [-0.05, 0) is 35.9 Å². The first-order chi connectivity index (χ1) is 11.7. The number of phenolic OH excluding ortho intramolecular Hbond substituents is 1. The van der Waals surface area contributed by atoms with E-state index < -0.39 is 0 Å². The quantitative estimate of drug-likeness (QED) is 0.603. The average molecular weight is 320 g/mol. The van der Waals surface area contributed by atoms with E-state index in [0.29, 0.717) is 18.1 Å². The van der Waals surface area contributed by atoms with Gasteiger partial charge in [0, 0.05) is 5.39 Å². The smallest absolute Gasteiger partial charge is 0.155 e. The van der Waals surface area contributed by atoms with E-state index in [1.54, 1.807) is 18.2 Å². The lowest BCUT2D eigenvalue weighted by Crippen LogP contribution is -2.01. The number of hydrogen-bond acceptors (Lipinski definition) is 4. The second-order valence-corrected chi connectivity index (χ2v) is 5.62. The van der Waals surface area contributed by atoms with Gasteiger partial charge in [0.2, 0.25) is 0 Å². The fraction of sp³-hybridized carbons (Fsp3) is 0.105. The van der Waals surface area contributed by atoms with E-state index >= 15 is 0 Å². The Balaban J connectivity index is 1.82. The number of nitrogens with zero attached hydrogens (tertiary/aromatic N) is 2. The Bertz CT molecular complexity index is 1000. The Morgan fingerprint density at radius 1 is 1.00 bits per heavy atom. The van der Waals surface area contributed by atoms with E-state index in [9.17, 15) is 10.2 Å². The molecule has 0 radical (unpaired) electrons. The zero-order valence-electron chi connectivity index (χ0n) is 12.9. The van der Waals surface area contributed by atoms with Gasteiger partial charge in [0.25, 0.3) is 0 Å². The molecule has 2 aromatic heterocycles. The first kappa shape index (κ1) is 14.5. The molecule has 5 heteroatoms. The molecule has 0 saturated carbocycles. The van der Waals surface area contributed by atoms with E-state index in [4.69, 9.17) is 9.52 Å². The molecule has 4 rings (SSSR count). The van der Waals surface area contributed by atoms with Crippen molar-refractivity contribution in [3.05, 3.63) is 72.0 Å². The van der Waals surface area contributed by atoms with Crippen molar-refractivity contribution < 1.29 is 14.6 Å². The minimum Gasteiger partial charge on any atom is -0.508 e. The Hall–Kier alpha value is -3.05. The molecule has 4 aromatic rings. The van der Waals surface area contributed by atoms with Gasteiger partial charge >= 0.3 is 0 Å². The number of hydrogen-bond donors (Lipinski definition) is 2. The second-order valence-electron chi connectivity index (χ2n) is 5.62. The van der Waals surface area contributed by atoms with Crippen molar-refractivity contribution in [3.8, 4) is 17.2 Å². The van der Waals surface area contributed by atoms with Crippen LogP contribution in [0.4, 0.5) is 0 Å². The third kappa shape index (κ3) is 2.55. The van der Waals surface area contributed by atoms with Crippen molar-refractivity contribution in [3.63, 3.8) is 0 Å². The van der Waals surface area contributed by atoms with Gasteiger partial charge in [-0.1, -0.05) is 30.3 Å². The molecule has 5 nitrogen and oxygen atoms in total. The fourth-order valence-electron chi connectivity index (χ4n) is 2.85. The van der Waals surface area contributed by atoms with Crippen molar-refractivity contribution >= 4 is 10.9 Å². The molecule has 24 heavy (non-hydrogen) atoms. The van der Waals surface area contributed by atoms with E-state index in [0.717, 1.165) is 22.2 Å². The monoisotopic (exact) mass is 320 g/mol. The summed E-state index contributed by atoms with van der Waals surface area (Å²) in [5.41, 5.74) is 2.69. The molecular weight excluding hydrogens is 304 g/mol. The Kier molecular flexibility index (Phi) is 3.55. The highest BCUT2D eigenvalue weighted by Crippen LogP contribution is 2.30. The third-order valence-corrected chi connectivity index (χ3v) is 3.95. The highest BCUT2D eigenvalue weighted by Gasteiger charge is 2.15. The van der Waals surface area contributed by atoms with Crippen molar-refractivity contribution in [2.24, 2.45) is 0 Å². The lowest BCUT2D eigenvalue weighted by molar-refractivity contribution is 0.248. The van der Waals surface area contributed by atoms with Gasteiger partial charge in [-0.2, -0.15) is 5.10 Å². The topological polar surface area (TPSA) is 71.4 Å². The van der Waals surface area contributed by atoms with Gasteiger partial charge in [-0.15, -0.1) is 0 Å². The van der Waals surface area contributed by atoms with Gasteiger partial charge in [-0.25, -0.2) is 0 Å². The summed E-state index contributed by atoms with van der Waals surface area (Å²) >= 11 is 0. The number of phenols is 1. The van der Waals surface area contributed by atoms with Gasteiger partial charge in [0.15, 0.2) is 5.76 Å². The molecule has 0 amide bonds. The molecule has 0 saturated heterocycles. The molecule has 0 bridgehead atoms. The summed E-state index contributed by atoms with van der Waals surface area (Å²) in [5, 5.41) is 24.5. The Morgan fingerprint density at radius 3 is 2.67 bits per heavy atom. The van der Waals surface area contributed by atoms with Crippen molar-refractivity contribution in [2.75, 3.05) is 0 Å². The van der Waals surface area contributed by atoms with E-state index in [-0.39, 0.29) is 12.4 Å². The maximum atomic E-state index is 9.65. The van der Waals surface area contributed by atoms with Crippen LogP contribution in [0, 0.1) is 0 Å². The van der Waals surface area contributed by atoms with Gasteiger partial charge < -0.3 is 14.6 Å². The highest BCUT2D eigenvalue weighted by molar-refractivity contribution is 5.92. The van der Waals surface area contributed by atoms with Crippen LogP contribution in [0.3, 0.4) is 0 Å². The van der Waals surface area contributed by atoms with Gasteiger partial charge in [0.05, 0.1) is 12.1 Å². The van der Waals surface area contributed by atoms with Crippen LogP contribution in [0.2, 0.25) is 0 Å². The number of para-hydroxylation sites is 1. The maximum absolute atomic E-state index is 9.65. The van der Waals surface area contributed by atoms with Crippen molar-refractivity contribution in [1.82, 2.24) is 9.78 Å². The van der Waals surface area contributed by atoms with E-state index in [1.807, 2.05) is 47.1 Å². The molecule has 0 atom stereocenters. The number of benzene rings is 2. The summed E-state index contributed by atoms with van der Waals surface area (Å²) in [4.78, 5) is 0. The summed E-state index contributed by atoms with van der Waals surface area (Å²) in [6, 6.07) is 18.6. The number of aliphatic hydroxyl groups excluding tert-OH is 1. The maximum Gasteiger partial charge on any atom is 0.155 e. The molecule has 120 valence electrons. The number of fused-ring (bicyclic) bond motifs is 1. The molecule has 2 aromatic carbocycles. The molecule has 0 aliphatic carbocycles. The summed E-state index contributed by atoms with van der Waals surface area (Å²) in [6.07, 6.45) is 0. The lowest BCUT2D eigenvalue weighted by atomic mass is 10.2. The first-order valence-electron chi connectivity index (χ1n) is 7.68. The standard InChI is InChI=1S/C19H16N2O3/c22-12-15-8-9-18(24-15)19-16-6-1-2-7-17(16)21(20-19)11-13-4-3-5-14(23)10-13/h1-10,22-23H,11-12H2. The number of aromatic hydroxyl groups is 1. The zero-order chi connectivity index (χ0) is 16.5. The Labute approximate surface area is 138 Å². The van der Waals surface area contributed by atoms with Crippen LogP contribution in [0.25, 0.3) is 22.4 Å². The SMILES string of the molecule is OCc1ccc(-c2nn(Cc3cccc(O)c3)c3ccccc23)o1. The second kappa shape index (κ2) is 5.86. The largest absolute Gasteiger partial charge is 0.508 e. The average Bonchev–Trinajstić information content (AvgIpc) is 3.20. The predicted octanol–water partition coefficient (Wildman–Crippen LogP) is 3.54. The molecule has 0 spiro atoms. The lowest BCUT2D eigenvalue weighted by Gasteiger charge is -2.04. The van der Waals surface area contributed by atoms with Crippen LogP contribution < -0.4 is 0 Å². The summed E-state index contributed by atoms with van der Waals surface area (Å²) in [5.74, 6) is 1.38. The minimum absolute atomic E-state index is 0.137. The zero-order valence-corrected chi connectivity index (χ0v) is 12.9. The molecular formula is C19H16N2O3. The van der Waals surface area contributed by atoms with Crippen LogP contribution in [-0.4, -0.2) is 20.0 Å². The van der Waals surface area contributed by atoms with Crippen LogP contribution in [0.15, 0.2) is 65.1 Å². The minimum atomic E-state index is -0.137. The Morgan fingerprint density at radius 2 is 1.88 bits per heavy atom. The predicted molar refractivity (Wildman–Crippen MR) is 90.6 cm³/mol. The summed E-state index contributed by atoms with van der Waals surface area (Å²) < 4.78 is 7.53. The molecule has 2 N–H and O–H groups in total. The first-order valence-corrected chi connectivity index (χ1v) is 7.68. The number of aliphatic hydroxyl groups is 1. The van der Waals surface area contributed by atoms with Crippen LogP contribution in [0.5, 0.6) is 5.75 Å². The number of furan rings is 1. The summed E-state index contributed by atoms with van der Waals surface area (Å²) in [7, 11) is 0. The number of rotatable bonds is 4. The molecule has 0 unspecified atom stereocenters. The van der Waals surface area contributed by atoms with E-state index in [1.165, 1.54) is 0 Å². The summed E-state index contributed by atoms with van der Waals surface area (Å²) in [6.45, 7) is 0.407. The van der Waals surface area contributed by atoms with Crippen molar-refractivity contribution in [2.45, 2.75) is 13.2 Å². The van der Waals surface area contributed by atoms with Crippen LogP contribution in [0.1, 0.15) is 11.3 Å². The van der Waals surface area contributed by atoms with Crippen LogP contribution in [-0.2, 0) is 13.2 Å². The number of aromatic nitrogens is 2. The normalized spacial score (nSPS) is 11.2. The molecule has 2 heterocycles. The molecule has 0 aliphatic heterocycles. The molecule has 0 fully saturated rings. The fourth-order valence-corrected chi connectivity index (χ4v) is 2.85. The van der Waals surface area contributed by atoms with Gasteiger partial charge in [-0.3, -0.25) is 4.68 Å². The third-order valence-electron chi connectivity index (χ3n) is 3.95. The van der Waals surface area contributed by atoms with Gasteiger partial charge in [0.1, 0.15) is 23.8 Å². The van der Waals surface area contributed by atoms with E-state index in [2.05, 4.69) is 0 Å². The molecule has 0 aliphatic rings. The van der Waals surface area contributed by atoms with Crippen LogP contribution >= 0.6 is 0 Å². The van der Waals surface area contributed by atoms with Crippen molar-refractivity contribution in [1.29, 1.82) is 0 Å². The highest BCUT2D eigenvalue weighted by atomic mass is 16.4.